The zero-order valence-corrected chi connectivity index (χ0v) is 13.3. The van der Waals surface area contributed by atoms with Crippen LogP contribution in [-0.2, 0) is 4.74 Å². The first-order valence-electron chi connectivity index (χ1n) is 8.56. The average Bonchev–Trinajstić information content (AvgIpc) is 3.24. The quantitative estimate of drug-likeness (QED) is 0.947. The van der Waals surface area contributed by atoms with E-state index in [-0.39, 0.29) is 5.91 Å². The van der Waals surface area contributed by atoms with Crippen molar-refractivity contribution in [2.45, 2.75) is 31.7 Å². The molecular weight excluding hydrogens is 290 g/mol. The predicted octanol–water partition coefficient (Wildman–Crippen LogP) is 2.45. The molecule has 0 radical (unpaired) electrons. The van der Waals surface area contributed by atoms with Crippen molar-refractivity contribution in [1.29, 1.82) is 0 Å². The van der Waals surface area contributed by atoms with Crippen molar-refractivity contribution in [3.8, 4) is 0 Å². The fourth-order valence-electron chi connectivity index (χ4n) is 3.61. The van der Waals surface area contributed by atoms with E-state index in [0.717, 1.165) is 56.0 Å². The van der Waals surface area contributed by atoms with E-state index in [1.807, 2.05) is 18.3 Å². The maximum atomic E-state index is 12.5. The second-order valence-electron chi connectivity index (χ2n) is 6.46. The van der Waals surface area contributed by atoms with E-state index in [0.29, 0.717) is 6.04 Å². The molecule has 1 N–H and O–H groups in total. The molecule has 122 valence electrons. The monoisotopic (exact) mass is 313 g/mol. The van der Waals surface area contributed by atoms with Gasteiger partial charge in [0.25, 0.3) is 5.91 Å². The first kappa shape index (κ1) is 14.6. The minimum atomic E-state index is 0.0421. The van der Waals surface area contributed by atoms with Crippen LogP contribution in [0.25, 0.3) is 5.52 Å². The molecule has 4 rings (SSSR count). The molecule has 1 aliphatic carbocycles. The minimum Gasteiger partial charge on any atom is -0.378 e. The molecule has 2 aromatic heterocycles. The summed E-state index contributed by atoms with van der Waals surface area (Å²) in [6.07, 6.45) is 6.63. The molecule has 1 saturated heterocycles. The summed E-state index contributed by atoms with van der Waals surface area (Å²) in [7, 11) is 0. The molecule has 2 fully saturated rings. The summed E-state index contributed by atoms with van der Waals surface area (Å²) in [6, 6.07) is 8.51. The van der Waals surface area contributed by atoms with Gasteiger partial charge < -0.3 is 19.4 Å². The highest BCUT2D eigenvalue weighted by Crippen LogP contribution is 2.22. The number of aromatic nitrogens is 1. The number of amides is 1. The molecule has 1 saturated carbocycles. The van der Waals surface area contributed by atoms with Gasteiger partial charge in [-0.3, -0.25) is 4.79 Å². The molecule has 5 heteroatoms. The lowest BCUT2D eigenvalue weighted by Gasteiger charge is -2.28. The van der Waals surface area contributed by atoms with Gasteiger partial charge in [-0.1, -0.05) is 12.8 Å². The summed E-state index contributed by atoms with van der Waals surface area (Å²) in [5.74, 6) is 1.18. The van der Waals surface area contributed by atoms with E-state index >= 15 is 0 Å². The van der Waals surface area contributed by atoms with Gasteiger partial charge >= 0.3 is 0 Å². The van der Waals surface area contributed by atoms with Crippen LogP contribution in [0.4, 0.5) is 5.82 Å². The van der Waals surface area contributed by atoms with Crippen LogP contribution in [0.5, 0.6) is 0 Å². The lowest BCUT2D eigenvalue weighted by atomic mass is 10.2. The summed E-state index contributed by atoms with van der Waals surface area (Å²) in [4.78, 5) is 14.8. The van der Waals surface area contributed by atoms with Crippen molar-refractivity contribution in [3.63, 3.8) is 0 Å². The van der Waals surface area contributed by atoms with Gasteiger partial charge in [-0.15, -0.1) is 0 Å². The molecule has 5 nitrogen and oxygen atoms in total. The molecule has 3 heterocycles. The van der Waals surface area contributed by atoms with Gasteiger partial charge in [-0.2, -0.15) is 0 Å². The Morgan fingerprint density at radius 3 is 2.61 bits per heavy atom. The van der Waals surface area contributed by atoms with Crippen LogP contribution in [-0.4, -0.2) is 42.7 Å². The largest absolute Gasteiger partial charge is 0.378 e. The zero-order chi connectivity index (χ0) is 15.6. The number of morpholine rings is 1. The van der Waals surface area contributed by atoms with E-state index in [1.54, 1.807) is 0 Å². The van der Waals surface area contributed by atoms with E-state index < -0.39 is 0 Å². The number of hydrogen-bond donors (Lipinski definition) is 1. The molecule has 0 bridgehead atoms. The molecule has 2 aliphatic rings. The van der Waals surface area contributed by atoms with Crippen LogP contribution in [0.15, 0.2) is 30.5 Å². The summed E-state index contributed by atoms with van der Waals surface area (Å²) in [5.41, 5.74) is 1.85. The molecule has 1 aliphatic heterocycles. The first-order chi connectivity index (χ1) is 11.3. The zero-order valence-electron chi connectivity index (χ0n) is 13.3. The van der Waals surface area contributed by atoms with E-state index in [1.165, 1.54) is 12.8 Å². The Bertz CT molecular complexity index is 697. The van der Waals surface area contributed by atoms with Crippen LogP contribution < -0.4 is 10.2 Å². The third-order valence-corrected chi connectivity index (χ3v) is 4.92. The van der Waals surface area contributed by atoms with E-state index in [2.05, 4.69) is 26.8 Å². The Morgan fingerprint density at radius 2 is 1.83 bits per heavy atom. The van der Waals surface area contributed by atoms with Crippen molar-refractivity contribution < 1.29 is 9.53 Å². The van der Waals surface area contributed by atoms with Crippen LogP contribution >= 0.6 is 0 Å². The fraction of sp³-hybridized carbons (Fsp3) is 0.500. The molecule has 2 aromatic rings. The molecule has 0 atom stereocenters. The van der Waals surface area contributed by atoms with Crippen molar-refractivity contribution in [2.24, 2.45) is 0 Å². The van der Waals surface area contributed by atoms with Crippen molar-refractivity contribution in [2.75, 3.05) is 31.2 Å². The maximum Gasteiger partial charge on any atom is 0.252 e. The molecule has 1 amide bonds. The number of ether oxygens (including phenoxy) is 1. The third kappa shape index (κ3) is 2.93. The molecule has 0 spiro atoms. The lowest BCUT2D eigenvalue weighted by molar-refractivity contribution is 0.0937. The normalized spacial score (nSPS) is 19.4. The highest BCUT2D eigenvalue weighted by atomic mass is 16.5. The van der Waals surface area contributed by atoms with Gasteiger partial charge in [0.15, 0.2) is 0 Å². The maximum absolute atomic E-state index is 12.5. The van der Waals surface area contributed by atoms with E-state index in [9.17, 15) is 4.79 Å². The van der Waals surface area contributed by atoms with Crippen LogP contribution in [0.2, 0.25) is 0 Å². The molecule has 0 aromatic carbocycles. The Hall–Kier alpha value is -2.01. The van der Waals surface area contributed by atoms with Gasteiger partial charge in [0.2, 0.25) is 0 Å². The Balaban J connectivity index is 1.59. The van der Waals surface area contributed by atoms with Crippen LogP contribution in [0.1, 0.15) is 36.0 Å². The second kappa shape index (κ2) is 6.24. The van der Waals surface area contributed by atoms with Gasteiger partial charge in [-0.05, 0) is 37.1 Å². The standard InChI is InChI=1S/C18H23N3O2/c22-18(19-15-3-1-2-4-15)14-5-6-16-7-8-17(21(16)13-14)20-9-11-23-12-10-20/h5-8,13,15H,1-4,9-12H2,(H,19,22). The molecule has 0 unspecified atom stereocenters. The number of nitrogens with zero attached hydrogens (tertiary/aromatic N) is 2. The summed E-state index contributed by atoms with van der Waals surface area (Å²) in [6.45, 7) is 3.30. The first-order valence-corrected chi connectivity index (χ1v) is 8.56. The number of anilines is 1. The van der Waals surface area contributed by atoms with Crippen LogP contribution in [0.3, 0.4) is 0 Å². The number of pyridine rings is 1. The number of fused-ring (bicyclic) bond motifs is 1. The Kier molecular flexibility index (Phi) is 3.95. The van der Waals surface area contributed by atoms with Crippen molar-refractivity contribution in [1.82, 2.24) is 9.72 Å². The third-order valence-electron chi connectivity index (χ3n) is 4.92. The topological polar surface area (TPSA) is 46.0 Å². The minimum absolute atomic E-state index is 0.0421. The van der Waals surface area contributed by atoms with Gasteiger partial charge in [0.05, 0.1) is 18.8 Å². The molecule has 23 heavy (non-hydrogen) atoms. The number of hydrogen-bond acceptors (Lipinski definition) is 3. The SMILES string of the molecule is O=C(NC1CCCC1)c1ccc2ccc(N3CCOCC3)n2c1. The number of rotatable bonds is 3. The molecular formula is C18H23N3O2. The number of nitrogens with one attached hydrogen (secondary N) is 1. The smallest absolute Gasteiger partial charge is 0.252 e. The lowest BCUT2D eigenvalue weighted by Crippen LogP contribution is -2.37. The Morgan fingerprint density at radius 1 is 1.09 bits per heavy atom. The predicted molar refractivity (Wildman–Crippen MR) is 90.2 cm³/mol. The number of carbonyl (C=O) groups is 1. The summed E-state index contributed by atoms with van der Waals surface area (Å²) < 4.78 is 7.55. The fourth-order valence-corrected chi connectivity index (χ4v) is 3.61. The Labute approximate surface area is 136 Å². The van der Waals surface area contributed by atoms with Gasteiger partial charge in [0, 0.05) is 30.8 Å². The van der Waals surface area contributed by atoms with Crippen LogP contribution in [0, 0.1) is 0 Å². The average molecular weight is 313 g/mol. The van der Waals surface area contributed by atoms with Gasteiger partial charge in [-0.25, -0.2) is 0 Å². The highest BCUT2D eigenvalue weighted by Gasteiger charge is 2.19. The van der Waals surface area contributed by atoms with Gasteiger partial charge in [0.1, 0.15) is 5.82 Å². The highest BCUT2D eigenvalue weighted by molar-refractivity contribution is 5.94. The second-order valence-corrected chi connectivity index (χ2v) is 6.46. The van der Waals surface area contributed by atoms with E-state index in [4.69, 9.17) is 4.74 Å². The van der Waals surface area contributed by atoms with Crippen molar-refractivity contribution >= 4 is 17.2 Å². The summed E-state index contributed by atoms with van der Waals surface area (Å²) >= 11 is 0. The van der Waals surface area contributed by atoms with Crippen molar-refractivity contribution in [3.05, 3.63) is 36.0 Å². The number of carbonyl (C=O) groups excluding carboxylic acids is 1. The summed E-state index contributed by atoms with van der Waals surface area (Å²) in [5, 5.41) is 3.17.